The number of amides is 4. The quantitative estimate of drug-likeness (QED) is 0.117. The van der Waals surface area contributed by atoms with Crippen molar-refractivity contribution in [2.24, 2.45) is 0 Å². The molecule has 4 unspecified atom stereocenters. The third kappa shape index (κ3) is 11.0. The Bertz CT molecular complexity index is 2450. The van der Waals surface area contributed by atoms with Gasteiger partial charge in [0, 0.05) is 19.0 Å². The summed E-state index contributed by atoms with van der Waals surface area (Å²) in [7, 11) is 0. The lowest BCUT2D eigenvalue weighted by molar-refractivity contribution is -0.135. The van der Waals surface area contributed by atoms with Crippen LogP contribution in [0.25, 0.3) is 11.3 Å². The summed E-state index contributed by atoms with van der Waals surface area (Å²) in [5.74, 6) is 2.35. The maximum atomic E-state index is 14.2. The third-order valence-electron chi connectivity index (χ3n) is 12.7. The van der Waals surface area contributed by atoms with Crippen LogP contribution in [0.1, 0.15) is 163 Å². The Morgan fingerprint density at radius 1 is 0.636 bits per heavy atom. The second kappa shape index (κ2) is 19.6. The number of ether oxygens (including phenoxy) is 2. The first-order chi connectivity index (χ1) is 31.6. The average molecular weight is 898 g/mol. The van der Waals surface area contributed by atoms with E-state index in [9.17, 15) is 19.2 Å². The van der Waals surface area contributed by atoms with Gasteiger partial charge in [0.05, 0.1) is 24.1 Å². The Hall–Kier alpha value is -6.44. The zero-order valence-electron chi connectivity index (χ0n) is 38.9. The summed E-state index contributed by atoms with van der Waals surface area (Å²) >= 11 is 0. The highest BCUT2D eigenvalue weighted by atomic mass is 16.6. The molecule has 8 rings (SSSR count). The minimum Gasteiger partial charge on any atom is -0.444 e. The number of hydrogen-bond acceptors (Lipinski definition) is 9. The van der Waals surface area contributed by atoms with Crippen molar-refractivity contribution in [3.8, 4) is 11.3 Å². The number of aromatic nitrogens is 3. The van der Waals surface area contributed by atoms with Crippen molar-refractivity contribution in [2.45, 2.75) is 140 Å². The van der Waals surface area contributed by atoms with E-state index in [0.717, 1.165) is 74.2 Å². The van der Waals surface area contributed by atoms with Crippen molar-refractivity contribution >= 4 is 24.0 Å². The molecule has 4 heterocycles. The third-order valence-corrected chi connectivity index (χ3v) is 12.7. The zero-order chi connectivity index (χ0) is 46.6. The van der Waals surface area contributed by atoms with Gasteiger partial charge in [-0.15, -0.1) is 0 Å². The van der Waals surface area contributed by atoms with Gasteiger partial charge >= 0.3 is 12.2 Å². The second-order valence-corrected chi connectivity index (χ2v) is 19.8. The lowest BCUT2D eigenvalue weighted by Gasteiger charge is -2.29. The van der Waals surface area contributed by atoms with E-state index in [1.165, 1.54) is 5.56 Å². The van der Waals surface area contributed by atoms with Crippen molar-refractivity contribution in [2.75, 3.05) is 13.1 Å². The molecule has 3 aromatic carbocycles. The summed E-state index contributed by atoms with van der Waals surface area (Å²) in [5.41, 5.74) is 3.14. The van der Waals surface area contributed by atoms with E-state index in [1.807, 2.05) is 78.0 Å². The molecule has 3 fully saturated rings. The molecule has 66 heavy (non-hydrogen) atoms. The lowest BCUT2D eigenvalue weighted by Crippen LogP contribution is -2.44. The van der Waals surface area contributed by atoms with Gasteiger partial charge in [0.1, 0.15) is 40.9 Å². The molecular formula is C52H63N7O7. The number of oxazole rings is 1. The number of nitrogens with one attached hydrogen (secondary N) is 3. The topological polar surface area (TPSA) is 172 Å². The van der Waals surface area contributed by atoms with Gasteiger partial charge < -0.3 is 39.3 Å². The Morgan fingerprint density at radius 2 is 1.14 bits per heavy atom. The van der Waals surface area contributed by atoms with Gasteiger partial charge in [-0.05, 0) is 121 Å². The molecule has 348 valence electrons. The van der Waals surface area contributed by atoms with Crippen molar-refractivity contribution in [1.82, 2.24) is 35.4 Å². The number of carbonyl (C=O) groups excluding carboxylic acids is 4. The number of hydrogen-bond donors (Lipinski definition) is 3. The molecule has 3 aliphatic rings. The van der Waals surface area contributed by atoms with E-state index in [4.69, 9.17) is 23.9 Å². The summed E-state index contributed by atoms with van der Waals surface area (Å²) in [6.45, 7) is 11.9. The molecule has 2 saturated heterocycles. The van der Waals surface area contributed by atoms with Gasteiger partial charge in [-0.2, -0.15) is 0 Å². The monoisotopic (exact) mass is 897 g/mol. The van der Waals surface area contributed by atoms with Crippen LogP contribution >= 0.6 is 0 Å². The van der Waals surface area contributed by atoms with Crippen LogP contribution in [0.3, 0.4) is 0 Å². The van der Waals surface area contributed by atoms with Crippen LogP contribution in [-0.4, -0.2) is 73.0 Å². The summed E-state index contributed by atoms with van der Waals surface area (Å²) in [4.78, 5) is 70.7. The summed E-state index contributed by atoms with van der Waals surface area (Å²) in [6.07, 6.45) is 9.43. The normalized spacial score (nSPS) is 20.9. The Balaban J connectivity index is 0.876. The van der Waals surface area contributed by atoms with Crippen LogP contribution in [-0.2, 0) is 19.1 Å². The van der Waals surface area contributed by atoms with Crippen molar-refractivity contribution in [3.05, 3.63) is 131 Å². The Kier molecular flexibility index (Phi) is 13.7. The fourth-order valence-electron chi connectivity index (χ4n) is 9.59. The highest BCUT2D eigenvalue weighted by Gasteiger charge is 2.40. The van der Waals surface area contributed by atoms with Crippen molar-refractivity contribution < 1.29 is 33.1 Å². The van der Waals surface area contributed by atoms with Gasteiger partial charge in [-0.1, -0.05) is 84.9 Å². The Morgan fingerprint density at radius 3 is 1.67 bits per heavy atom. The minimum absolute atomic E-state index is 0.203. The van der Waals surface area contributed by atoms with E-state index in [2.05, 4.69) is 39.9 Å². The number of carbonyl (C=O) groups is 4. The molecule has 0 radical (unpaired) electrons. The fraction of sp³-hybridized carbons (Fsp3) is 0.462. The van der Waals surface area contributed by atoms with Gasteiger partial charge in [0.15, 0.2) is 0 Å². The highest BCUT2D eigenvalue weighted by molar-refractivity contribution is 5.88. The minimum atomic E-state index is -0.909. The van der Waals surface area contributed by atoms with Crippen LogP contribution in [0.4, 0.5) is 9.59 Å². The van der Waals surface area contributed by atoms with Gasteiger partial charge in [-0.25, -0.2) is 19.6 Å². The smallest absolute Gasteiger partial charge is 0.408 e. The predicted molar refractivity (Wildman–Crippen MR) is 249 cm³/mol. The van der Waals surface area contributed by atoms with Crippen LogP contribution in [0.2, 0.25) is 0 Å². The van der Waals surface area contributed by atoms with E-state index in [-0.39, 0.29) is 29.8 Å². The average Bonchev–Trinajstić information content (AvgIpc) is 4.14. The second-order valence-electron chi connectivity index (χ2n) is 19.8. The molecule has 1 aliphatic carbocycles. The first kappa shape index (κ1) is 46.1. The molecule has 0 spiro atoms. The fourth-order valence-corrected chi connectivity index (χ4v) is 9.59. The maximum absolute atomic E-state index is 14.2. The lowest BCUT2D eigenvalue weighted by atomic mass is 9.78. The van der Waals surface area contributed by atoms with Crippen molar-refractivity contribution in [3.63, 3.8) is 0 Å². The molecule has 5 aromatic rings. The molecule has 2 aromatic heterocycles. The van der Waals surface area contributed by atoms with Gasteiger partial charge in [0.2, 0.25) is 5.89 Å². The number of H-pyrrole nitrogens is 1. The molecule has 4 atom stereocenters. The van der Waals surface area contributed by atoms with Crippen LogP contribution in [0, 0.1) is 0 Å². The number of imidazole rings is 1. The predicted octanol–water partition coefficient (Wildman–Crippen LogP) is 10.4. The van der Waals surface area contributed by atoms with Crippen LogP contribution < -0.4 is 10.6 Å². The summed E-state index contributed by atoms with van der Waals surface area (Å²) < 4.78 is 17.5. The molecule has 14 heteroatoms. The molecule has 1 saturated carbocycles. The number of rotatable bonds is 11. The van der Waals surface area contributed by atoms with Crippen LogP contribution in [0.15, 0.2) is 102 Å². The van der Waals surface area contributed by atoms with Crippen molar-refractivity contribution in [1.29, 1.82) is 0 Å². The van der Waals surface area contributed by atoms with E-state index in [1.54, 1.807) is 46.4 Å². The zero-order valence-corrected chi connectivity index (χ0v) is 38.9. The molecule has 3 N–H and O–H groups in total. The Labute approximate surface area is 387 Å². The molecule has 2 aliphatic heterocycles. The molecule has 0 bridgehead atoms. The largest absolute Gasteiger partial charge is 0.444 e. The SMILES string of the molecule is CC(C)(C)OC(=O)NC(C(=O)N1CCCC1c1ncc(-c2ccc(C3CCC(c4cnc(C5CCCN5C(=O)C(NC(=O)OC(C)(C)C)c5ccccc5)o4)CC3)cc2)[nH]1)c1ccccc1. The van der Waals surface area contributed by atoms with E-state index in [0.29, 0.717) is 36.0 Å². The first-order valence-electron chi connectivity index (χ1n) is 23.4. The number of benzene rings is 3. The van der Waals surface area contributed by atoms with Crippen LogP contribution in [0.5, 0.6) is 0 Å². The maximum Gasteiger partial charge on any atom is 0.408 e. The highest BCUT2D eigenvalue weighted by Crippen LogP contribution is 2.43. The van der Waals surface area contributed by atoms with E-state index >= 15 is 0 Å². The molecule has 14 nitrogen and oxygen atoms in total. The number of alkyl carbamates (subject to hydrolysis) is 2. The number of nitrogens with zero attached hydrogens (tertiary/aromatic N) is 4. The number of aromatic amines is 1. The standard InChI is InChI=1S/C52H63N7O7/c1-51(2,3)65-49(62)56-43(37-15-9-7-10-16-37)47(60)58-29-13-19-40(58)45-53-31-39(55-45)35-25-21-33(22-26-35)34-23-27-36(28-24-34)42-32-54-46(64-42)41-20-14-30-59(41)48(61)44(38-17-11-8-12-18-38)57-50(63)66-52(4,5)6/h7-12,15-18,21-22,25-26,31-32,34,36,40-41,43-44H,13-14,19-20,23-24,27-30H2,1-6H3,(H,53,55)(H,56,62)(H,57,63). The summed E-state index contributed by atoms with van der Waals surface area (Å²) in [5, 5.41) is 5.65. The van der Waals surface area contributed by atoms with Gasteiger partial charge in [-0.3, -0.25) is 9.59 Å². The summed E-state index contributed by atoms with van der Waals surface area (Å²) in [6, 6.07) is 24.8. The van der Waals surface area contributed by atoms with E-state index < -0.39 is 35.5 Å². The first-order valence-corrected chi connectivity index (χ1v) is 23.4. The van der Waals surface area contributed by atoms with Gasteiger partial charge in [0.25, 0.3) is 11.8 Å². The molecule has 4 amide bonds. The molecular weight excluding hydrogens is 835 g/mol. The number of likely N-dealkylation sites (tertiary alicyclic amines) is 2.